The summed E-state index contributed by atoms with van der Waals surface area (Å²) < 4.78 is 5.28. The third-order valence-corrected chi connectivity index (χ3v) is 9.13. The molecule has 3 unspecified atom stereocenters. The van der Waals surface area contributed by atoms with Crippen LogP contribution in [0.3, 0.4) is 0 Å². The van der Waals surface area contributed by atoms with Gasteiger partial charge in [-0.1, -0.05) is 34.1 Å². The van der Waals surface area contributed by atoms with E-state index >= 15 is 0 Å². The number of esters is 1. The second-order valence-electron chi connectivity index (χ2n) is 10.2. The summed E-state index contributed by atoms with van der Waals surface area (Å²) in [7, 11) is 0. The Morgan fingerprint density at radius 2 is 1.70 bits per heavy atom. The minimum Gasteiger partial charge on any atom is -0.466 e. The number of ether oxygens (including phenoxy) is 1. The molecule has 0 saturated heterocycles. The molecule has 4 saturated carbocycles. The summed E-state index contributed by atoms with van der Waals surface area (Å²) in [4.78, 5) is 12.1. The lowest BCUT2D eigenvalue weighted by atomic mass is 9.49. The van der Waals surface area contributed by atoms with Crippen LogP contribution in [0.25, 0.3) is 0 Å². The van der Waals surface area contributed by atoms with E-state index in [0.29, 0.717) is 24.4 Å². The minimum absolute atomic E-state index is 0.0430. The first-order chi connectivity index (χ1) is 13.0. The van der Waals surface area contributed by atoms with Gasteiger partial charge in [-0.2, -0.15) is 0 Å². The quantitative estimate of drug-likeness (QED) is 0.502. The van der Waals surface area contributed by atoms with Crippen molar-refractivity contribution < 1.29 is 9.53 Å². The van der Waals surface area contributed by atoms with Crippen LogP contribution < -0.4 is 0 Å². The van der Waals surface area contributed by atoms with Gasteiger partial charge < -0.3 is 4.74 Å². The largest absolute Gasteiger partial charge is 0.466 e. The topological polar surface area (TPSA) is 26.3 Å². The lowest BCUT2D eigenvalue weighted by Gasteiger charge is -2.56. The molecule has 156 valence electrons. The van der Waals surface area contributed by atoms with Crippen LogP contribution in [0.2, 0.25) is 0 Å². The van der Waals surface area contributed by atoms with Crippen LogP contribution >= 0.6 is 0 Å². The van der Waals surface area contributed by atoms with Crippen LogP contribution in [0.4, 0.5) is 0 Å². The highest BCUT2D eigenvalue weighted by Gasteiger charge is 2.56. The van der Waals surface area contributed by atoms with Gasteiger partial charge in [-0.3, -0.25) is 4.79 Å². The van der Waals surface area contributed by atoms with Crippen molar-refractivity contribution in [3.63, 3.8) is 0 Å². The zero-order valence-electron chi connectivity index (χ0n) is 18.6. The molecular formula is C25H44O2. The molecule has 2 heteroatoms. The van der Waals surface area contributed by atoms with Gasteiger partial charge in [0.2, 0.25) is 0 Å². The standard InChI is InChI=1S/C23H38O2.C2H6/c1-4-25-22(24)14-17-7-10-21-20-9-6-16-13-15(2)5-8-18(16)19(20)11-12-23(17,21)3;1-2/h15-21H,4-14H2,1-3H3;1-2H3/t15-,16+,17?,18-,19?,20+,21?,23+;/m0./s1. The van der Waals surface area contributed by atoms with Crippen LogP contribution in [0.1, 0.15) is 98.8 Å². The van der Waals surface area contributed by atoms with E-state index in [2.05, 4.69) is 13.8 Å². The first-order valence-corrected chi connectivity index (χ1v) is 12.2. The van der Waals surface area contributed by atoms with Gasteiger partial charge in [-0.05, 0) is 105 Å². The molecule has 4 rings (SSSR count). The van der Waals surface area contributed by atoms with Crippen LogP contribution in [0.15, 0.2) is 0 Å². The van der Waals surface area contributed by atoms with Gasteiger partial charge in [0.1, 0.15) is 0 Å². The summed E-state index contributed by atoms with van der Waals surface area (Å²) in [6.07, 6.45) is 13.5. The molecule has 0 radical (unpaired) electrons. The molecule has 0 aromatic carbocycles. The van der Waals surface area contributed by atoms with E-state index in [1.807, 2.05) is 20.8 Å². The summed E-state index contributed by atoms with van der Waals surface area (Å²) in [6.45, 7) is 11.4. The zero-order chi connectivity index (χ0) is 19.6. The Bertz CT molecular complexity index is 501. The molecule has 27 heavy (non-hydrogen) atoms. The molecule has 4 fully saturated rings. The predicted octanol–water partition coefficient (Wildman–Crippen LogP) is 6.87. The predicted molar refractivity (Wildman–Crippen MR) is 112 cm³/mol. The van der Waals surface area contributed by atoms with Crippen molar-refractivity contribution in [1.29, 1.82) is 0 Å². The normalized spacial score (nSPS) is 45.6. The molecule has 4 aliphatic carbocycles. The third kappa shape index (κ3) is 3.97. The summed E-state index contributed by atoms with van der Waals surface area (Å²) in [5, 5.41) is 0. The zero-order valence-corrected chi connectivity index (χ0v) is 18.6. The molecule has 2 nitrogen and oxygen atoms in total. The Morgan fingerprint density at radius 3 is 2.44 bits per heavy atom. The lowest BCUT2D eigenvalue weighted by molar-refractivity contribution is -0.146. The van der Waals surface area contributed by atoms with E-state index in [1.54, 1.807) is 0 Å². The summed E-state index contributed by atoms with van der Waals surface area (Å²) >= 11 is 0. The average molecular weight is 377 g/mol. The minimum atomic E-state index is 0.0430. The molecule has 4 aliphatic rings. The Labute approximate surface area is 168 Å². The van der Waals surface area contributed by atoms with Gasteiger partial charge in [0.05, 0.1) is 6.61 Å². The Hall–Kier alpha value is -0.530. The summed E-state index contributed by atoms with van der Waals surface area (Å²) in [5.41, 5.74) is 0.405. The van der Waals surface area contributed by atoms with E-state index in [1.165, 1.54) is 57.8 Å². The van der Waals surface area contributed by atoms with Gasteiger partial charge in [0.25, 0.3) is 0 Å². The number of hydrogen-bond acceptors (Lipinski definition) is 2. The average Bonchev–Trinajstić information content (AvgIpc) is 2.99. The molecule has 0 aliphatic heterocycles. The van der Waals surface area contributed by atoms with Gasteiger partial charge in [-0.25, -0.2) is 0 Å². The van der Waals surface area contributed by atoms with Crippen molar-refractivity contribution in [3.05, 3.63) is 0 Å². The van der Waals surface area contributed by atoms with Crippen molar-refractivity contribution in [2.75, 3.05) is 6.61 Å². The van der Waals surface area contributed by atoms with Crippen molar-refractivity contribution in [2.24, 2.45) is 46.8 Å². The first kappa shape index (κ1) is 21.2. The molecule has 0 amide bonds. The van der Waals surface area contributed by atoms with E-state index in [4.69, 9.17) is 4.74 Å². The highest BCUT2D eigenvalue weighted by Crippen LogP contribution is 2.64. The van der Waals surface area contributed by atoms with E-state index in [-0.39, 0.29) is 5.97 Å². The molecule has 0 aromatic rings. The molecule has 0 N–H and O–H groups in total. The second kappa shape index (κ2) is 8.87. The highest BCUT2D eigenvalue weighted by atomic mass is 16.5. The fourth-order valence-electron chi connectivity index (χ4n) is 7.95. The SMILES string of the molecule is CC.CCOC(=O)CC1CCC2[C@@H]3CC[C@@H]4C[C@@H](C)CC[C@@H]4C3CC[C@]12C. The van der Waals surface area contributed by atoms with Crippen LogP contribution in [0, 0.1) is 46.8 Å². The van der Waals surface area contributed by atoms with E-state index in [0.717, 1.165) is 35.5 Å². The van der Waals surface area contributed by atoms with Gasteiger partial charge >= 0.3 is 5.97 Å². The summed E-state index contributed by atoms with van der Waals surface area (Å²) in [5.74, 6) is 6.49. The molecule has 8 atom stereocenters. The monoisotopic (exact) mass is 376 g/mol. The van der Waals surface area contributed by atoms with Crippen LogP contribution in [0.5, 0.6) is 0 Å². The first-order valence-electron chi connectivity index (χ1n) is 12.2. The van der Waals surface area contributed by atoms with E-state index < -0.39 is 0 Å². The number of hydrogen-bond donors (Lipinski definition) is 0. The Balaban J connectivity index is 0.00000102. The van der Waals surface area contributed by atoms with E-state index in [9.17, 15) is 4.79 Å². The molecular weight excluding hydrogens is 332 g/mol. The Kier molecular flexibility index (Phi) is 6.96. The highest BCUT2D eigenvalue weighted by molar-refractivity contribution is 5.69. The van der Waals surface area contributed by atoms with Crippen LogP contribution in [-0.2, 0) is 9.53 Å². The number of fused-ring (bicyclic) bond motifs is 5. The number of carbonyl (C=O) groups excluding carboxylic acids is 1. The molecule has 0 aromatic heterocycles. The third-order valence-electron chi connectivity index (χ3n) is 9.13. The molecule has 0 heterocycles. The maximum absolute atomic E-state index is 12.1. The maximum atomic E-state index is 12.1. The smallest absolute Gasteiger partial charge is 0.306 e. The van der Waals surface area contributed by atoms with Crippen molar-refractivity contribution in [3.8, 4) is 0 Å². The lowest BCUT2D eigenvalue weighted by Crippen LogP contribution is -2.48. The maximum Gasteiger partial charge on any atom is 0.306 e. The fourth-order valence-corrected chi connectivity index (χ4v) is 7.95. The molecule has 0 spiro atoms. The van der Waals surface area contributed by atoms with Crippen molar-refractivity contribution >= 4 is 5.97 Å². The van der Waals surface area contributed by atoms with Crippen molar-refractivity contribution in [2.45, 2.75) is 98.8 Å². The van der Waals surface area contributed by atoms with Gasteiger partial charge in [-0.15, -0.1) is 0 Å². The summed E-state index contributed by atoms with van der Waals surface area (Å²) in [6, 6.07) is 0. The second-order valence-corrected chi connectivity index (χ2v) is 10.2. The van der Waals surface area contributed by atoms with Crippen molar-refractivity contribution in [1.82, 2.24) is 0 Å². The van der Waals surface area contributed by atoms with Crippen LogP contribution in [-0.4, -0.2) is 12.6 Å². The van der Waals surface area contributed by atoms with Gasteiger partial charge in [0, 0.05) is 6.42 Å². The molecule has 0 bridgehead atoms. The van der Waals surface area contributed by atoms with Gasteiger partial charge in [0.15, 0.2) is 0 Å². The number of carbonyl (C=O) groups is 1. The fraction of sp³-hybridized carbons (Fsp3) is 0.960. The Morgan fingerprint density at radius 1 is 0.963 bits per heavy atom. The number of rotatable bonds is 3.